The number of carbonyl (C=O) groups is 1. The summed E-state index contributed by atoms with van der Waals surface area (Å²) < 4.78 is 26.1. The van der Waals surface area contributed by atoms with Gasteiger partial charge in [-0.3, -0.25) is 4.79 Å². The van der Waals surface area contributed by atoms with Crippen molar-refractivity contribution in [2.75, 3.05) is 19.5 Å². The van der Waals surface area contributed by atoms with E-state index in [1.54, 1.807) is 28.1 Å². The Balaban J connectivity index is 2.03. The summed E-state index contributed by atoms with van der Waals surface area (Å²) >= 11 is 0. The zero-order chi connectivity index (χ0) is 24.1. The predicted molar refractivity (Wildman–Crippen MR) is 133 cm³/mol. The first-order valence-electron chi connectivity index (χ1n) is 11.6. The second kappa shape index (κ2) is 10.7. The van der Waals surface area contributed by atoms with Crippen LogP contribution < -0.4 is 20.1 Å². The first kappa shape index (κ1) is 24.6. The number of methoxy groups -OCH3 is 2. The molecule has 2 aromatic carbocycles. The number of benzene rings is 2. The van der Waals surface area contributed by atoms with Gasteiger partial charge in [-0.1, -0.05) is 25.0 Å². The van der Waals surface area contributed by atoms with Crippen molar-refractivity contribution in [3.63, 3.8) is 0 Å². The SMILES string of the molecule is COc1c(C)c(-c2ccc(NC3CCCC3)cc2)c(OC)c(C)c1C=C(F)C(=O)NC(C)C. The lowest BCUT2D eigenvalue weighted by atomic mass is 9.91. The third kappa shape index (κ3) is 5.49. The third-order valence-corrected chi connectivity index (χ3v) is 6.15. The summed E-state index contributed by atoms with van der Waals surface area (Å²) in [5.74, 6) is -0.476. The molecule has 1 saturated carbocycles. The minimum Gasteiger partial charge on any atom is -0.496 e. The highest BCUT2D eigenvalue weighted by Crippen LogP contribution is 2.45. The van der Waals surface area contributed by atoms with Crippen LogP contribution in [0.15, 0.2) is 30.1 Å². The molecule has 1 aliphatic rings. The van der Waals surface area contributed by atoms with E-state index >= 15 is 0 Å². The summed E-state index contributed by atoms with van der Waals surface area (Å²) in [6, 6.07) is 8.67. The minimum absolute atomic E-state index is 0.163. The lowest BCUT2D eigenvalue weighted by Crippen LogP contribution is -2.30. The van der Waals surface area contributed by atoms with Gasteiger partial charge in [-0.2, -0.15) is 0 Å². The van der Waals surface area contributed by atoms with Gasteiger partial charge in [-0.15, -0.1) is 0 Å². The van der Waals surface area contributed by atoms with Crippen LogP contribution in [0.25, 0.3) is 17.2 Å². The highest BCUT2D eigenvalue weighted by Gasteiger charge is 2.23. The summed E-state index contributed by atoms with van der Waals surface area (Å²) in [5, 5.41) is 6.18. The van der Waals surface area contributed by atoms with Crippen LogP contribution in [0.5, 0.6) is 11.5 Å². The maximum absolute atomic E-state index is 14.7. The summed E-state index contributed by atoms with van der Waals surface area (Å²) in [6.07, 6.45) is 6.22. The van der Waals surface area contributed by atoms with Crippen LogP contribution in [0.4, 0.5) is 10.1 Å². The Morgan fingerprint density at radius 2 is 1.64 bits per heavy atom. The number of ether oxygens (including phenoxy) is 2. The van der Waals surface area contributed by atoms with Crippen molar-refractivity contribution in [2.45, 2.75) is 65.5 Å². The quantitative estimate of drug-likeness (QED) is 0.468. The average Bonchev–Trinajstić information content (AvgIpc) is 3.29. The topological polar surface area (TPSA) is 59.6 Å². The number of carbonyl (C=O) groups excluding carboxylic acids is 1. The van der Waals surface area contributed by atoms with Gasteiger partial charge in [0.1, 0.15) is 11.5 Å². The largest absolute Gasteiger partial charge is 0.496 e. The molecule has 0 atom stereocenters. The van der Waals surface area contributed by atoms with Gasteiger partial charge >= 0.3 is 0 Å². The van der Waals surface area contributed by atoms with E-state index in [-0.39, 0.29) is 6.04 Å². The third-order valence-electron chi connectivity index (χ3n) is 6.15. The molecule has 1 amide bonds. The molecule has 6 heteroatoms. The van der Waals surface area contributed by atoms with Crippen LogP contribution in [-0.2, 0) is 4.79 Å². The van der Waals surface area contributed by atoms with Crippen LogP contribution in [0, 0.1) is 13.8 Å². The Bertz CT molecular complexity index is 1020. The van der Waals surface area contributed by atoms with E-state index in [1.165, 1.54) is 31.8 Å². The number of amides is 1. The Labute approximate surface area is 196 Å². The standard InChI is InChI=1S/C27H35FN2O3/c1-16(2)29-27(31)23(28)15-22-17(3)26(33-6)24(18(4)25(22)32-5)19-11-13-21(14-12-19)30-20-9-7-8-10-20/h11-16,20,30H,7-10H2,1-6H3,(H,29,31). The molecule has 5 nitrogen and oxygen atoms in total. The van der Waals surface area contributed by atoms with Crippen LogP contribution in [0.2, 0.25) is 0 Å². The molecule has 1 aliphatic carbocycles. The van der Waals surface area contributed by atoms with Gasteiger partial charge in [0.05, 0.1) is 14.2 Å². The fourth-order valence-electron chi connectivity index (χ4n) is 4.57. The maximum atomic E-state index is 14.7. The first-order chi connectivity index (χ1) is 15.8. The number of anilines is 1. The van der Waals surface area contributed by atoms with E-state index in [9.17, 15) is 9.18 Å². The van der Waals surface area contributed by atoms with Gasteiger partial charge in [0.2, 0.25) is 0 Å². The molecule has 0 saturated heterocycles. The zero-order valence-corrected chi connectivity index (χ0v) is 20.5. The number of nitrogens with one attached hydrogen (secondary N) is 2. The molecule has 2 aromatic rings. The van der Waals surface area contributed by atoms with Crippen molar-refractivity contribution in [3.05, 3.63) is 46.8 Å². The molecule has 0 aromatic heterocycles. The van der Waals surface area contributed by atoms with E-state index < -0.39 is 11.7 Å². The summed E-state index contributed by atoms with van der Waals surface area (Å²) in [5.41, 5.74) is 4.99. The van der Waals surface area contributed by atoms with Gasteiger partial charge < -0.3 is 20.1 Å². The molecule has 1 fully saturated rings. The van der Waals surface area contributed by atoms with Crippen molar-refractivity contribution < 1.29 is 18.7 Å². The normalized spacial score (nSPS) is 14.5. The van der Waals surface area contributed by atoms with Gasteiger partial charge in [-0.05, 0) is 64.3 Å². The van der Waals surface area contributed by atoms with Crippen molar-refractivity contribution in [3.8, 4) is 22.6 Å². The molecule has 0 spiro atoms. The number of hydrogen-bond acceptors (Lipinski definition) is 4. The van der Waals surface area contributed by atoms with Crippen molar-refractivity contribution in [2.24, 2.45) is 0 Å². The Hall–Kier alpha value is -3.02. The Morgan fingerprint density at radius 3 is 2.18 bits per heavy atom. The fourth-order valence-corrected chi connectivity index (χ4v) is 4.57. The van der Waals surface area contributed by atoms with E-state index in [2.05, 4.69) is 34.9 Å². The molecule has 2 N–H and O–H groups in total. The van der Waals surface area contributed by atoms with Crippen LogP contribution in [0.1, 0.15) is 56.2 Å². The van der Waals surface area contributed by atoms with Gasteiger partial charge in [0, 0.05) is 40.0 Å². The lowest BCUT2D eigenvalue weighted by molar-refractivity contribution is -0.119. The summed E-state index contributed by atoms with van der Waals surface area (Å²) in [6.45, 7) is 7.34. The monoisotopic (exact) mass is 454 g/mol. The smallest absolute Gasteiger partial charge is 0.280 e. The molecule has 178 valence electrons. The van der Waals surface area contributed by atoms with Crippen molar-refractivity contribution in [1.82, 2.24) is 5.32 Å². The number of halogens is 1. The molecule has 0 radical (unpaired) electrons. The molecule has 3 rings (SSSR count). The highest BCUT2D eigenvalue weighted by molar-refractivity contribution is 5.97. The summed E-state index contributed by atoms with van der Waals surface area (Å²) in [7, 11) is 3.15. The van der Waals surface area contributed by atoms with Gasteiger partial charge in [-0.25, -0.2) is 4.39 Å². The second-order valence-electron chi connectivity index (χ2n) is 8.93. The number of rotatable bonds is 8. The number of hydrogen-bond donors (Lipinski definition) is 2. The predicted octanol–water partition coefficient (Wildman–Crippen LogP) is 6.18. The lowest BCUT2D eigenvalue weighted by Gasteiger charge is -2.21. The fraction of sp³-hybridized carbons (Fsp3) is 0.444. The molecule has 33 heavy (non-hydrogen) atoms. The van der Waals surface area contributed by atoms with Gasteiger partial charge in [0.25, 0.3) is 5.91 Å². The van der Waals surface area contributed by atoms with Crippen molar-refractivity contribution >= 4 is 17.7 Å². The Kier molecular flexibility index (Phi) is 8.01. The molecule has 0 heterocycles. The van der Waals surface area contributed by atoms with Gasteiger partial charge in [0.15, 0.2) is 5.83 Å². The molecule has 0 unspecified atom stereocenters. The highest BCUT2D eigenvalue weighted by atomic mass is 19.1. The van der Waals surface area contributed by atoms with E-state index in [0.717, 1.165) is 22.4 Å². The Morgan fingerprint density at radius 1 is 1.03 bits per heavy atom. The van der Waals surface area contributed by atoms with Crippen LogP contribution in [0.3, 0.4) is 0 Å². The van der Waals surface area contributed by atoms with Crippen LogP contribution >= 0.6 is 0 Å². The minimum atomic E-state index is -0.873. The molecular formula is C27H35FN2O3. The maximum Gasteiger partial charge on any atom is 0.280 e. The molecule has 0 bridgehead atoms. The average molecular weight is 455 g/mol. The zero-order valence-electron chi connectivity index (χ0n) is 20.5. The van der Waals surface area contributed by atoms with E-state index in [0.29, 0.717) is 28.7 Å². The molecule has 0 aliphatic heterocycles. The van der Waals surface area contributed by atoms with E-state index in [4.69, 9.17) is 9.47 Å². The summed E-state index contributed by atoms with van der Waals surface area (Å²) in [4.78, 5) is 12.1. The molecular weight excluding hydrogens is 419 g/mol. The second-order valence-corrected chi connectivity index (χ2v) is 8.93. The van der Waals surface area contributed by atoms with Crippen molar-refractivity contribution in [1.29, 1.82) is 0 Å². The first-order valence-corrected chi connectivity index (χ1v) is 11.6. The van der Waals surface area contributed by atoms with Crippen LogP contribution in [-0.4, -0.2) is 32.2 Å². The van der Waals surface area contributed by atoms with E-state index in [1.807, 2.05) is 13.8 Å².